The van der Waals surface area contributed by atoms with Crippen LogP contribution in [0.15, 0.2) is 23.3 Å². The number of hydrogen-bond donors (Lipinski definition) is 1. The quantitative estimate of drug-likeness (QED) is 0.524. The zero-order valence-electron chi connectivity index (χ0n) is 8.98. The molecule has 0 aliphatic carbocycles. The van der Waals surface area contributed by atoms with Gasteiger partial charge in [0, 0.05) is 13.1 Å². The summed E-state index contributed by atoms with van der Waals surface area (Å²) in [5.74, 6) is -0.0188. The van der Waals surface area contributed by atoms with Crippen LogP contribution in [0, 0.1) is 0 Å². The Morgan fingerprint density at radius 2 is 1.92 bits per heavy atom. The number of amides is 1. The van der Waals surface area contributed by atoms with E-state index in [1.807, 2.05) is 6.92 Å². The number of nitrogens with one attached hydrogen (secondary N) is 1. The van der Waals surface area contributed by atoms with Crippen LogP contribution in [0.3, 0.4) is 0 Å². The molecule has 0 bridgehead atoms. The standard InChI is InChI=1S/C11H19NO/c1-9(2)6-5-7-10(3)8-11(13)12-4/h6,8H,5,7H2,1-4H3,(H,12,13)/b10-8-. The molecule has 0 saturated carbocycles. The van der Waals surface area contributed by atoms with Gasteiger partial charge in [-0.05, 0) is 33.6 Å². The molecule has 0 aliphatic rings. The van der Waals surface area contributed by atoms with Gasteiger partial charge in [0.25, 0.3) is 0 Å². The number of allylic oxidation sites excluding steroid dienone is 3. The van der Waals surface area contributed by atoms with E-state index in [-0.39, 0.29) is 5.91 Å². The monoisotopic (exact) mass is 181 g/mol. The predicted molar refractivity (Wildman–Crippen MR) is 56.5 cm³/mol. The SMILES string of the molecule is CNC(=O)/C=C(/C)CCC=C(C)C. The van der Waals surface area contributed by atoms with E-state index in [2.05, 4.69) is 25.2 Å². The highest BCUT2D eigenvalue weighted by Gasteiger charge is 1.93. The van der Waals surface area contributed by atoms with E-state index in [4.69, 9.17) is 0 Å². The average molecular weight is 181 g/mol. The van der Waals surface area contributed by atoms with Crippen molar-refractivity contribution >= 4 is 5.91 Å². The van der Waals surface area contributed by atoms with Crippen molar-refractivity contribution in [1.82, 2.24) is 5.32 Å². The van der Waals surface area contributed by atoms with E-state index in [0.29, 0.717) is 0 Å². The Hall–Kier alpha value is -1.05. The Balaban J connectivity index is 3.87. The molecular weight excluding hydrogens is 162 g/mol. The van der Waals surface area contributed by atoms with Crippen LogP contribution in [-0.4, -0.2) is 13.0 Å². The lowest BCUT2D eigenvalue weighted by Gasteiger charge is -1.98. The van der Waals surface area contributed by atoms with Crippen LogP contribution in [0.5, 0.6) is 0 Å². The van der Waals surface area contributed by atoms with Gasteiger partial charge >= 0.3 is 0 Å². The first-order valence-corrected chi connectivity index (χ1v) is 4.58. The molecule has 0 aromatic heterocycles. The fourth-order valence-corrected chi connectivity index (χ4v) is 0.957. The highest BCUT2D eigenvalue weighted by molar-refractivity contribution is 5.87. The highest BCUT2D eigenvalue weighted by atomic mass is 16.1. The molecule has 1 N–H and O–H groups in total. The van der Waals surface area contributed by atoms with Gasteiger partial charge in [-0.1, -0.05) is 17.2 Å². The van der Waals surface area contributed by atoms with E-state index in [0.717, 1.165) is 18.4 Å². The topological polar surface area (TPSA) is 29.1 Å². The molecule has 13 heavy (non-hydrogen) atoms. The fraction of sp³-hybridized carbons (Fsp3) is 0.545. The maximum absolute atomic E-state index is 10.9. The lowest BCUT2D eigenvalue weighted by molar-refractivity contribution is -0.116. The minimum Gasteiger partial charge on any atom is -0.356 e. The Labute approximate surface area is 80.7 Å². The molecule has 1 amide bonds. The second-order valence-corrected chi connectivity index (χ2v) is 3.43. The molecule has 2 heteroatoms. The van der Waals surface area contributed by atoms with E-state index >= 15 is 0 Å². The van der Waals surface area contributed by atoms with Crippen molar-refractivity contribution < 1.29 is 4.79 Å². The van der Waals surface area contributed by atoms with E-state index in [1.54, 1.807) is 13.1 Å². The van der Waals surface area contributed by atoms with E-state index in [9.17, 15) is 4.79 Å². The van der Waals surface area contributed by atoms with Gasteiger partial charge in [-0.3, -0.25) is 4.79 Å². The van der Waals surface area contributed by atoms with Crippen molar-refractivity contribution in [3.05, 3.63) is 23.3 Å². The van der Waals surface area contributed by atoms with Gasteiger partial charge in [0.1, 0.15) is 0 Å². The van der Waals surface area contributed by atoms with Crippen molar-refractivity contribution in [3.63, 3.8) is 0 Å². The van der Waals surface area contributed by atoms with Gasteiger partial charge in [-0.2, -0.15) is 0 Å². The van der Waals surface area contributed by atoms with E-state index in [1.165, 1.54) is 5.57 Å². The summed E-state index contributed by atoms with van der Waals surface area (Å²) in [5.41, 5.74) is 2.45. The summed E-state index contributed by atoms with van der Waals surface area (Å²) >= 11 is 0. The van der Waals surface area contributed by atoms with Gasteiger partial charge in [0.2, 0.25) is 5.91 Å². The predicted octanol–water partition coefficient (Wildman–Crippen LogP) is 2.43. The zero-order valence-corrected chi connectivity index (χ0v) is 8.98. The van der Waals surface area contributed by atoms with Gasteiger partial charge in [-0.25, -0.2) is 0 Å². The summed E-state index contributed by atoms with van der Waals surface area (Å²) in [6, 6.07) is 0. The minimum absolute atomic E-state index is 0.0188. The van der Waals surface area contributed by atoms with Gasteiger partial charge in [0.15, 0.2) is 0 Å². The fourth-order valence-electron chi connectivity index (χ4n) is 0.957. The van der Waals surface area contributed by atoms with Crippen LogP contribution < -0.4 is 5.32 Å². The normalized spacial score (nSPS) is 10.9. The van der Waals surface area contributed by atoms with Gasteiger partial charge < -0.3 is 5.32 Å². The summed E-state index contributed by atoms with van der Waals surface area (Å²) in [4.78, 5) is 10.9. The number of hydrogen-bond acceptors (Lipinski definition) is 1. The number of carbonyl (C=O) groups excluding carboxylic acids is 1. The lowest BCUT2D eigenvalue weighted by atomic mass is 10.1. The minimum atomic E-state index is -0.0188. The van der Waals surface area contributed by atoms with Crippen molar-refractivity contribution in [2.75, 3.05) is 7.05 Å². The highest BCUT2D eigenvalue weighted by Crippen LogP contribution is 2.05. The molecule has 0 heterocycles. The van der Waals surface area contributed by atoms with Crippen LogP contribution in [0.4, 0.5) is 0 Å². The maximum atomic E-state index is 10.9. The van der Waals surface area contributed by atoms with Gasteiger partial charge in [-0.15, -0.1) is 0 Å². The molecular formula is C11H19NO. The van der Waals surface area contributed by atoms with Crippen molar-refractivity contribution in [2.24, 2.45) is 0 Å². The van der Waals surface area contributed by atoms with Crippen LogP contribution in [0.2, 0.25) is 0 Å². The van der Waals surface area contributed by atoms with Crippen LogP contribution in [0.25, 0.3) is 0 Å². The summed E-state index contributed by atoms with van der Waals surface area (Å²) < 4.78 is 0. The maximum Gasteiger partial charge on any atom is 0.243 e. The van der Waals surface area contributed by atoms with Crippen LogP contribution in [0.1, 0.15) is 33.6 Å². The van der Waals surface area contributed by atoms with Gasteiger partial charge in [0.05, 0.1) is 0 Å². The van der Waals surface area contributed by atoms with Crippen LogP contribution >= 0.6 is 0 Å². The molecule has 0 fully saturated rings. The molecule has 0 aliphatic heterocycles. The van der Waals surface area contributed by atoms with E-state index < -0.39 is 0 Å². The first-order chi connectivity index (χ1) is 6.06. The second kappa shape index (κ2) is 6.46. The molecule has 0 aromatic carbocycles. The third-order valence-corrected chi connectivity index (χ3v) is 1.72. The molecule has 0 aromatic rings. The largest absolute Gasteiger partial charge is 0.356 e. The van der Waals surface area contributed by atoms with Crippen molar-refractivity contribution in [3.8, 4) is 0 Å². The Morgan fingerprint density at radius 1 is 1.31 bits per heavy atom. The molecule has 0 rings (SSSR count). The third kappa shape index (κ3) is 7.32. The number of likely N-dealkylation sites (N-methyl/N-ethyl adjacent to an activating group) is 1. The first kappa shape index (κ1) is 11.9. The summed E-state index contributed by atoms with van der Waals surface area (Å²) in [5, 5.41) is 2.56. The van der Waals surface area contributed by atoms with Crippen molar-refractivity contribution in [2.45, 2.75) is 33.6 Å². The molecule has 0 radical (unpaired) electrons. The van der Waals surface area contributed by atoms with Crippen molar-refractivity contribution in [1.29, 1.82) is 0 Å². The number of rotatable bonds is 4. The summed E-state index contributed by atoms with van der Waals surface area (Å²) in [6.07, 6.45) is 5.81. The van der Waals surface area contributed by atoms with Crippen LogP contribution in [-0.2, 0) is 4.79 Å². The Kier molecular flexibility index (Phi) is 5.94. The third-order valence-electron chi connectivity index (χ3n) is 1.72. The first-order valence-electron chi connectivity index (χ1n) is 4.58. The molecule has 74 valence electrons. The molecule has 0 spiro atoms. The second-order valence-electron chi connectivity index (χ2n) is 3.43. The number of carbonyl (C=O) groups is 1. The molecule has 2 nitrogen and oxygen atoms in total. The lowest BCUT2D eigenvalue weighted by Crippen LogP contribution is -2.14. The summed E-state index contributed by atoms with van der Waals surface area (Å²) in [6.45, 7) is 6.14. The Morgan fingerprint density at radius 3 is 2.38 bits per heavy atom. The molecule has 0 saturated heterocycles. The smallest absolute Gasteiger partial charge is 0.243 e. The zero-order chi connectivity index (χ0) is 10.3. The molecule has 0 atom stereocenters. The summed E-state index contributed by atoms with van der Waals surface area (Å²) in [7, 11) is 1.64. The molecule has 0 unspecified atom stereocenters. The average Bonchev–Trinajstić information content (AvgIpc) is 2.03. The Bertz CT molecular complexity index is 222.